The van der Waals surface area contributed by atoms with Gasteiger partial charge in [-0.25, -0.2) is 0 Å². The lowest BCUT2D eigenvalue weighted by molar-refractivity contribution is -0.274. The van der Waals surface area contributed by atoms with E-state index in [9.17, 15) is 13.2 Å². The van der Waals surface area contributed by atoms with E-state index in [2.05, 4.69) is 11.7 Å². The van der Waals surface area contributed by atoms with E-state index in [1.54, 1.807) is 12.1 Å². The number of benzene rings is 1. The van der Waals surface area contributed by atoms with E-state index in [1.807, 2.05) is 0 Å². The van der Waals surface area contributed by atoms with Gasteiger partial charge in [-0.2, -0.15) is 0 Å². The molecule has 2 aliphatic carbocycles. The first kappa shape index (κ1) is 24.3. The van der Waals surface area contributed by atoms with E-state index in [4.69, 9.17) is 4.74 Å². The van der Waals surface area contributed by atoms with Crippen LogP contribution in [-0.4, -0.2) is 13.0 Å². The highest BCUT2D eigenvalue weighted by molar-refractivity contribution is 5.31. The number of rotatable bonds is 10. The summed E-state index contributed by atoms with van der Waals surface area (Å²) in [7, 11) is 0. The standard InChI is InChI=1S/C26H39F3O2/c1-2-3-4-8-17-25(18-15-22(16-19-25)21-9-6-5-7-10-21)20-30-23-11-13-24(14-12-23)31-26(27,28)29/h11-14,21-22H,2-10,15-20H2,1H3. The Morgan fingerprint density at radius 1 is 0.839 bits per heavy atom. The molecule has 5 heteroatoms. The Morgan fingerprint density at radius 3 is 2.06 bits per heavy atom. The van der Waals surface area contributed by atoms with Gasteiger partial charge >= 0.3 is 6.36 Å². The largest absolute Gasteiger partial charge is 0.573 e. The minimum absolute atomic E-state index is 0.206. The fourth-order valence-electron chi connectivity index (χ4n) is 5.70. The number of unbranched alkanes of at least 4 members (excludes halogenated alkanes) is 3. The molecule has 2 fully saturated rings. The highest BCUT2D eigenvalue weighted by atomic mass is 19.4. The van der Waals surface area contributed by atoms with Crippen LogP contribution in [-0.2, 0) is 0 Å². The first-order valence-electron chi connectivity index (χ1n) is 12.4. The molecule has 0 heterocycles. The average molecular weight is 441 g/mol. The van der Waals surface area contributed by atoms with Crippen LogP contribution in [0.15, 0.2) is 24.3 Å². The van der Waals surface area contributed by atoms with Crippen LogP contribution in [0.2, 0.25) is 0 Å². The summed E-state index contributed by atoms with van der Waals surface area (Å²) in [6, 6.07) is 5.83. The second-order valence-electron chi connectivity index (χ2n) is 9.85. The minimum atomic E-state index is -4.66. The molecule has 0 saturated heterocycles. The van der Waals surface area contributed by atoms with Crippen LogP contribution in [0.25, 0.3) is 0 Å². The van der Waals surface area contributed by atoms with Crippen molar-refractivity contribution >= 4 is 0 Å². The van der Waals surface area contributed by atoms with Gasteiger partial charge in [-0.1, -0.05) is 64.7 Å². The molecule has 1 aromatic carbocycles. The Labute approximate surface area is 185 Å². The lowest BCUT2D eigenvalue weighted by Crippen LogP contribution is -2.35. The normalized spacial score (nSPS) is 25.4. The lowest BCUT2D eigenvalue weighted by atomic mass is 9.64. The maximum Gasteiger partial charge on any atom is 0.573 e. The Morgan fingerprint density at radius 2 is 1.45 bits per heavy atom. The Hall–Kier alpha value is -1.39. The third kappa shape index (κ3) is 7.91. The molecule has 0 spiro atoms. The zero-order valence-corrected chi connectivity index (χ0v) is 19.0. The fourth-order valence-corrected chi connectivity index (χ4v) is 5.70. The number of hydrogen-bond acceptors (Lipinski definition) is 2. The Bertz CT molecular complexity index is 627. The highest BCUT2D eigenvalue weighted by Gasteiger charge is 2.38. The van der Waals surface area contributed by atoms with E-state index in [1.165, 1.54) is 102 Å². The monoisotopic (exact) mass is 440 g/mol. The van der Waals surface area contributed by atoms with Crippen molar-refractivity contribution in [2.75, 3.05) is 6.61 Å². The van der Waals surface area contributed by atoms with Gasteiger partial charge in [0.25, 0.3) is 0 Å². The summed E-state index contributed by atoms with van der Waals surface area (Å²) in [6.45, 7) is 2.90. The van der Waals surface area contributed by atoms with Gasteiger partial charge in [0.1, 0.15) is 11.5 Å². The SMILES string of the molecule is CCCCCCC1(COc2ccc(OC(F)(F)F)cc2)CCC(C2CCCCC2)CC1. The van der Waals surface area contributed by atoms with Crippen LogP contribution in [0.1, 0.15) is 96.8 Å². The maximum absolute atomic E-state index is 12.4. The second-order valence-corrected chi connectivity index (χ2v) is 9.85. The quantitative estimate of drug-likeness (QED) is 0.339. The van der Waals surface area contributed by atoms with Crippen LogP contribution in [0.5, 0.6) is 11.5 Å². The van der Waals surface area contributed by atoms with Crippen LogP contribution in [0, 0.1) is 17.3 Å². The molecule has 0 atom stereocenters. The summed E-state index contributed by atoms with van der Waals surface area (Å²) in [4.78, 5) is 0. The van der Waals surface area contributed by atoms with Crippen molar-refractivity contribution in [1.82, 2.24) is 0 Å². The molecule has 31 heavy (non-hydrogen) atoms. The zero-order chi connectivity index (χ0) is 22.2. The van der Waals surface area contributed by atoms with Gasteiger partial charge < -0.3 is 9.47 Å². The van der Waals surface area contributed by atoms with Gasteiger partial charge in [-0.15, -0.1) is 13.2 Å². The molecule has 2 nitrogen and oxygen atoms in total. The van der Waals surface area contributed by atoms with Crippen molar-refractivity contribution < 1.29 is 22.6 Å². The summed E-state index contributed by atoms with van der Waals surface area (Å²) in [5.41, 5.74) is 0.208. The van der Waals surface area contributed by atoms with Crippen LogP contribution in [0.4, 0.5) is 13.2 Å². The summed E-state index contributed by atoms with van der Waals surface area (Å²) in [5, 5.41) is 0. The van der Waals surface area contributed by atoms with Gasteiger partial charge in [0.05, 0.1) is 6.61 Å². The van der Waals surface area contributed by atoms with E-state index < -0.39 is 6.36 Å². The van der Waals surface area contributed by atoms with E-state index in [-0.39, 0.29) is 11.2 Å². The molecule has 0 aliphatic heterocycles. The van der Waals surface area contributed by atoms with Gasteiger partial charge in [-0.3, -0.25) is 0 Å². The van der Waals surface area contributed by atoms with E-state index >= 15 is 0 Å². The molecule has 0 radical (unpaired) electrons. The Kier molecular flexibility index (Phi) is 8.97. The summed E-state index contributed by atoms with van der Waals surface area (Å²) >= 11 is 0. The van der Waals surface area contributed by atoms with Crippen molar-refractivity contribution in [2.24, 2.45) is 17.3 Å². The molecule has 2 saturated carbocycles. The summed E-state index contributed by atoms with van der Waals surface area (Å²) in [5.74, 6) is 2.22. The molecule has 1 aromatic rings. The average Bonchev–Trinajstić information content (AvgIpc) is 2.76. The van der Waals surface area contributed by atoms with Gasteiger partial charge in [-0.05, 0) is 68.2 Å². The molecular weight excluding hydrogens is 401 g/mol. The minimum Gasteiger partial charge on any atom is -0.493 e. The van der Waals surface area contributed by atoms with Crippen molar-refractivity contribution in [3.8, 4) is 11.5 Å². The maximum atomic E-state index is 12.4. The number of hydrogen-bond donors (Lipinski definition) is 0. The van der Waals surface area contributed by atoms with Gasteiger partial charge in [0.15, 0.2) is 0 Å². The first-order chi connectivity index (χ1) is 14.9. The Balaban J connectivity index is 1.56. The second kappa shape index (κ2) is 11.5. The van der Waals surface area contributed by atoms with Crippen LogP contribution in [0.3, 0.4) is 0 Å². The van der Waals surface area contributed by atoms with Crippen molar-refractivity contribution in [3.63, 3.8) is 0 Å². The van der Waals surface area contributed by atoms with Crippen molar-refractivity contribution in [2.45, 2.75) is 103 Å². The topological polar surface area (TPSA) is 18.5 Å². The smallest absolute Gasteiger partial charge is 0.493 e. The fraction of sp³-hybridized carbons (Fsp3) is 0.769. The number of alkyl halides is 3. The first-order valence-corrected chi connectivity index (χ1v) is 12.4. The molecule has 0 aromatic heterocycles. The highest BCUT2D eigenvalue weighted by Crippen LogP contribution is 2.47. The van der Waals surface area contributed by atoms with Gasteiger partial charge in [0, 0.05) is 5.41 Å². The molecule has 0 bridgehead atoms. The zero-order valence-electron chi connectivity index (χ0n) is 19.0. The molecular formula is C26H39F3O2. The van der Waals surface area contributed by atoms with Crippen molar-refractivity contribution in [3.05, 3.63) is 24.3 Å². The molecule has 2 aliphatic rings. The molecule has 176 valence electrons. The molecule has 0 unspecified atom stereocenters. The third-order valence-electron chi connectivity index (χ3n) is 7.57. The predicted octanol–water partition coefficient (Wildman–Crippen LogP) is 8.69. The molecule has 0 amide bonds. The summed E-state index contributed by atoms with van der Waals surface area (Å²) < 4.78 is 47.2. The number of halogens is 3. The van der Waals surface area contributed by atoms with Crippen LogP contribution >= 0.6 is 0 Å². The molecule has 0 N–H and O–H groups in total. The van der Waals surface area contributed by atoms with Crippen LogP contribution < -0.4 is 9.47 Å². The predicted molar refractivity (Wildman–Crippen MR) is 118 cm³/mol. The molecule has 3 rings (SSSR count). The van der Waals surface area contributed by atoms with Crippen molar-refractivity contribution in [1.29, 1.82) is 0 Å². The van der Waals surface area contributed by atoms with E-state index in [0.29, 0.717) is 12.4 Å². The van der Waals surface area contributed by atoms with Gasteiger partial charge in [0.2, 0.25) is 0 Å². The van der Waals surface area contributed by atoms with E-state index in [0.717, 1.165) is 11.8 Å². The summed E-state index contributed by atoms with van der Waals surface area (Å²) in [6.07, 6.45) is 13.6. The third-order valence-corrected chi connectivity index (χ3v) is 7.57. The number of ether oxygens (including phenoxy) is 2. The lowest BCUT2D eigenvalue weighted by Gasteiger charge is -2.43.